The summed E-state index contributed by atoms with van der Waals surface area (Å²) in [6, 6.07) is 8.78. The molecule has 0 fully saturated rings. The fourth-order valence-corrected chi connectivity index (χ4v) is 3.29. The molecule has 2 rings (SSSR count). The van der Waals surface area contributed by atoms with Crippen LogP contribution >= 0.6 is 11.3 Å². The second-order valence-corrected chi connectivity index (χ2v) is 8.18. The smallest absolute Gasteiger partial charge is 0.412 e. The van der Waals surface area contributed by atoms with Gasteiger partial charge in [0, 0.05) is 10.6 Å². The number of rotatable bonds is 5. The van der Waals surface area contributed by atoms with Gasteiger partial charge in [-0.2, -0.15) is 0 Å². The highest BCUT2D eigenvalue weighted by Gasteiger charge is 2.19. The molecule has 0 saturated carbocycles. The molecule has 0 aliphatic carbocycles. The molecular weight excluding hydrogens is 339 g/mol. The van der Waals surface area contributed by atoms with E-state index in [0.29, 0.717) is 5.92 Å². The van der Waals surface area contributed by atoms with Gasteiger partial charge >= 0.3 is 6.09 Å². The second-order valence-electron chi connectivity index (χ2n) is 7.20. The molecule has 0 aliphatic rings. The number of benzene rings is 1. The first-order valence-electron chi connectivity index (χ1n) is 8.25. The molecular formula is C19H25FN2O2S. The zero-order valence-electron chi connectivity index (χ0n) is 15.2. The number of carbonyl (C=O) groups is 1. The molecule has 0 aliphatic heterocycles. The summed E-state index contributed by atoms with van der Waals surface area (Å²) in [5.74, 6) is -0.153. The van der Waals surface area contributed by atoms with Crippen LogP contribution in [0.4, 0.5) is 20.6 Å². The van der Waals surface area contributed by atoms with Crippen LogP contribution in [-0.2, 0) is 4.74 Å². The predicted octanol–water partition coefficient (Wildman–Crippen LogP) is 6.04. The van der Waals surface area contributed by atoms with Crippen molar-refractivity contribution >= 4 is 28.8 Å². The standard InChI is InChI=1S/C19H25FN2O2S/c1-12(2)17(16-7-6-10-25-16)21-13-8-9-14(20)15(11-13)22-18(23)24-19(3,4)5/h6-12,17,21H,1-5H3,(H,22,23). The Morgan fingerprint density at radius 2 is 1.96 bits per heavy atom. The summed E-state index contributed by atoms with van der Waals surface area (Å²) in [6.45, 7) is 9.53. The molecule has 0 saturated heterocycles. The number of nitrogens with one attached hydrogen (secondary N) is 2. The van der Waals surface area contributed by atoms with E-state index in [1.165, 1.54) is 10.9 Å². The van der Waals surface area contributed by atoms with Crippen LogP contribution in [0.15, 0.2) is 35.7 Å². The maximum Gasteiger partial charge on any atom is 0.412 e. The molecule has 136 valence electrons. The Bertz CT molecular complexity index is 709. The van der Waals surface area contributed by atoms with Crippen molar-refractivity contribution in [3.8, 4) is 0 Å². The van der Waals surface area contributed by atoms with Gasteiger partial charge in [-0.3, -0.25) is 5.32 Å². The van der Waals surface area contributed by atoms with E-state index in [9.17, 15) is 9.18 Å². The van der Waals surface area contributed by atoms with E-state index < -0.39 is 17.5 Å². The van der Waals surface area contributed by atoms with Gasteiger partial charge in [-0.05, 0) is 56.3 Å². The largest absolute Gasteiger partial charge is 0.444 e. The van der Waals surface area contributed by atoms with Crippen molar-refractivity contribution in [1.82, 2.24) is 0 Å². The Balaban J connectivity index is 2.16. The summed E-state index contributed by atoms with van der Waals surface area (Å²) in [4.78, 5) is 13.1. The van der Waals surface area contributed by atoms with Crippen LogP contribution < -0.4 is 10.6 Å². The zero-order chi connectivity index (χ0) is 18.6. The predicted molar refractivity (Wildman–Crippen MR) is 102 cm³/mol. The number of anilines is 2. The summed E-state index contributed by atoms with van der Waals surface area (Å²) in [5.41, 5.74) is 0.186. The van der Waals surface area contributed by atoms with Crippen LogP contribution in [-0.4, -0.2) is 11.7 Å². The summed E-state index contributed by atoms with van der Waals surface area (Å²) in [7, 11) is 0. The van der Waals surface area contributed by atoms with Crippen LogP contribution in [0.3, 0.4) is 0 Å². The molecule has 2 aromatic rings. The normalized spacial score (nSPS) is 12.8. The molecule has 1 aromatic heterocycles. The fourth-order valence-electron chi connectivity index (χ4n) is 2.34. The molecule has 4 nitrogen and oxygen atoms in total. The average molecular weight is 364 g/mol. The molecule has 0 bridgehead atoms. The highest BCUT2D eigenvalue weighted by molar-refractivity contribution is 7.10. The first-order chi connectivity index (χ1) is 11.7. The minimum atomic E-state index is -0.679. The molecule has 0 radical (unpaired) electrons. The van der Waals surface area contributed by atoms with E-state index in [1.54, 1.807) is 44.2 Å². The molecule has 1 amide bonds. The minimum absolute atomic E-state index is 0.0907. The van der Waals surface area contributed by atoms with Crippen molar-refractivity contribution in [2.24, 2.45) is 5.92 Å². The maximum atomic E-state index is 14.0. The lowest BCUT2D eigenvalue weighted by atomic mass is 10.0. The lowest BCUT2D eigenvalue weighted by Crippen LogP contribution is -2.27. The third-order valence-corrected chi connectivity index (χ3v) is 4.40. The zero-order valence-corrected chi connectivity index (χ0v) is 16.0. The molecule has 1 aromatic carbocycles. The van der Waals surface area contributed by atoms with Crippen LogP contribution in [0.1, 0.15) is 45.5 Å². The summed E-state index contributed by atoms with van der Waals surface area (Å²) < 4.78 is 19.2. The molecule has 1 atom stereocenters. The lowest BCUT2D eigenvalue weighted by molar-refractivity contribution is 0.0635. The van der Waals surface area contributed by atoms with E-state index in [2.05, 4.69) is 30.5 Å². The lowest BCUT2D eigenvalue weighted by Gasteiger charge is -2.23. The first kappa shape index (κ1) is 19.2. The maximum absolute atomic E-state index is 14.0. The van der Waals surface area contributed by atoms with E-state index in [1.807, 2.05) is 11.4 Å². The van der Waals surface area contributed by atoms with Crippen LogP contribution in [0.5, 0.6) is 0 Å². The number of halogens is 1. The monoisotopic (exact) mass is 364 g/mol. The quantitative estimate of drug-likeness (QED) is 0.679. The van der Waals surface area contributed by atoms with E-state index >= 15 is 0 Å². The van der Waals surface area contributed by atoms with Crippen molar-refractivity contribution in [2.75, 3.05) is 10.6 Å². The van der Waals surface area contributed by atoms with Gasteiger partial charge in [-0.15, -0.1) is 11.3 Å². The molecule has 1 unspecified atom stereocenters. The van der Waals surface area contributed by atoms with Gasteiger partial charge in [0.25, 0.3) is 0 Å². The molecule has 2 N–H and O–H groups in total. The van der Waals surface area contributed by atoms with Gasteiger partial charge in [0.1, 0.15) is 11.4 Å². The number of carbonyl (C=O) groups excluding carboxylic acids is 1. The van der Waals surface area contributed by atoms with Crippen LogP contribution in [0, 0.1) is 11.7 Å². The van der Waals surface area contributed by atoms with Gasteiger partial charge in [0.2, 0.25) is 0 Å². The van der Waals surface area contributed by atoms with Gasteiger partial charge in [0.05, 0.1) is 11.7 Å². The van der Waals surface area contributed by atoms with Crippen molar-refractivity contribution < 1.29 is 13.9 Å². The van der Waals surface area contributed by atoms with Crippen LogP contribution in [0.2, 0.25) is 0 Å². The Hall–Kier alpha value is -2.08. The summed E-state index contributed by atoms with van der Waals surface area (Å²) >= 11 is 1.68. The Kier molecular flexibility index (Phi) is 6.06. The van der Waals surface area contributed by atoms with Gasteiger partial charge in [-0.25, -0.2) is 9.18 Å². The molecule has 25 heavy (non-hydrogen) atoms. The van der Waals surface area contributed by atoms with E-state index in [-0.39, 0.29) is 11.7 Å². The number of amides is 1. The number of thiophene rings is 1. The number of ether oxygens (including phenoxy) is 1. The van der Waals surface area contributed by atoms with Crippen molar-refractivity contribution in [3.05, 3.63) is 46.4 Å². The summed E-state index contributed by atoms with van der Waals surface area (Å²) in [5, 5.41) is 7.93. The van der Waals surface area contributed by atoms with Crippen molar-refractivity contribution in [3.63, 3.8) is 0 Å². The van der Waals surface area contributed by atoms with Crippen molar-refractivity contribution in [1.29, 1.82) is 0 Å². The second kappa shape index (κ2) is 7.87. The van der Waals surface area contributed by atoms with E-state index in [0.717, 1.165) is 5.69 Å². The topological polar surface area (TPSA) is 50.4 Å². The van der Waals surface area contributed by atoms with Gasteiger partial charge in [0.15, 0.2) is 0 Å². The first-order valence-corrected chi connectivity index (χ1v) is 9.13. The summed E-state index contributed by atoms with van der Waals surface area (Å²) in [6.07, 6.45) is -0.679. The Morgan fingerprint density at radius 1 is 1.24 bits per heavy atom. The third kappa shape index (κ3) is 5.74. The van der Waals surface area contributed by atoms with Crippen LogP contribution in [0.25, 0.3) is 0 Å². The SMILES string of the molecule is CC(C)C(Nc1ccc(F)c(NC(=O)OC(C)(C)C)c1)c1cccs1. The molecule has 0 spiro atoms. The number of hydrogen-bond donors (Lipinski definition) is 2. The van der Waals surface area contributed by atoms with E-state index in [4.69, 9.17) is 4.74 Å². The highest BCUT2D eigenvalue weighted by Crippen LogP contribution is 2.31. The third-order valence-electron chi connectivity index (χ3n) is 3.44. The number of hydrogen-bond acceptors (Lipinski definition) is 4. The highest BCUT2D eigenvalue weighted by atomic mass is 32.1. The minimum Gasteiger partial charge on any atom is -0.444 e. The fraction of sp³-hybridized carbons (Fsp3) is 0.421. The Labute approximate surface area is 152 Å². The average Bonchev–Trinajstić information content (AvgIpc) is 2.99. The van der Waals surface area contributed by atoms with Gasteiger partial charge < -0.3 is 10.1 Å². The van der Waals surface area contributed by atoms with Crippen molar-refractivity contribution in [2.45, 2.75) is 46.3 Å². The Morgan fingerprint density at radius 3 is 2.52 bits per heavy atom. The van der Waals surface area contributed by atoms with Gasteiger partial charge in [-0.1, -0.05) is 19.9 Å². The molecule has 6 heteroatoms. The molecule has 1 heterocycles.